The number of sulfonamides is 1. The molecule has 0 spiro atoms. The summed E-state index contributed by atoms with van der Waals surface area (Å²) in [6.45, 7) is 0. The fourth-order valence-corrected chi connectivity index (χ4v) is 3.12. The molecule has 2 aromatic carbocycles. The molecule has 0 fully saturated rings. The molecule has 4 nitrogen and oxygen atoms in total. The van der Waals surface area contributed by atoms with Crippen molar-refractivity contribution in [2.24, 2.45) is 0 Å². The van der Waals surface area contributed by atoms with Crippen LogP contribution >= 0.6 is 15.9 Å². The smallest absolute Gasteiger partial charge is 0.264 e. The first-order valence-corrected chi connectivity index (χ1v) is 7.60. The van der Waals surface area contributed by atoms with Crippen molar-refractivity contribution in [1.29, 1.82) is 0 Å². The van der Waals surface area contributed by atoms with E-state index >= 15 is 0 Å². The Balaban J connectivity index is 2.43. The van der Waals surface area contributed by atoms with Crippen LogP contribution in [0, 0.1) is 11.6 Å². The van der Waals surface area contributed by atoms with Crippen LogP contribution in [0.1, 0.15) is 0 Å². The summed E-state index contributed by atoms with van der Waals surface area (Å²) in [4.78, 5) is -0.645. The summed E-state index contributed by atoms with van der Waals surface area (Å²) < 4.78 is 53.1. The highest BCUT2D eigenvalue weighted by Gasteiger charge is 2.20. The molecule has 2 rings (SSSR count). The van der Waals surface area contributed by atoms with E-state index in [9.17, 15) is 17.2 Å². The molecular formula is C12H9BrF2N2O2S. The molecule has 0 atom stereocenters. The first kappa shape index (κ1) is 14.7. The number of rotatable bonds is 3. The zero-order chi connectivity index (χ0) is 14.9. The number of halogens is 3. The van der Waals surface area contributed by atoms with Gasteiger partial charge in [0.05, 0.1) is 5.69 Å². The lowest BCUT2D eigenvalue weighted by molar-refractivity contribution is 0.551. The minimum atomic E-state index is -4.18. The number of anilines is 2. The summed E-state index contributed by atoms with van der Waals surface area (Å²) in [5.41, 5.74) is 6.05. The zero-order valence-electron chi connectivity index (χ0n) is 9.90. The van der Waals surface area contributed by atoms with E-state index in [0.717, 1.165) is 12.1 Å². The summed E-state index contributed by atoms with van der Waals surface area (Å²) in [5, 5.41) is 0. The first-order chi connectivity index (χ1) is 9.29. The molecule has 0 saturated carbocycles. The maximum Gasteiger partial charge on any atom is 0.264 e. The van der Waals surface area contributed by atoms with Crippen molar-refractivity contribution in [2.75, 3.05) is 10.5 Å². The van der Waals surface area contributed by atoms with Crippen LogP contribution in [0.4, 0.5) is 20.2 Å². The van der Waals surface area contributed by atoms with Crippen LogP contribution in [0.15, 0.2) is 45.8 Å². The molecule has 8 heteroatoms. The molecule has 0 saturated heterocycles. The van der Waals surface area contributed by atoms with E-state index < -0.39 is 26.6 Å². The number of nitrogens with one attached hydrogen (secondary N) is 1. The predicted octanol–water partition coefficient (Wildman–Crippen LogP) is 3.11. The average Bonchev–Trinajstić information content (AvgIpc) is 2.33. The third kappa shape index (κ3) is 3.07. The van der Waals surface area contributed by atoms with Crippen molar-refractivity contribution in [1.82, 2.24) is 0 Å². The fraction of sp³-hybridized carbons (Fsp3) is 0. The fourth-order valence-electron chi connectivity index (χ4n) is 1.51. The molecule has 20 heavy (non-hydrogen) atoms. The Hall–Kier alpha value is -1.67. The second-order valence-corrected chi connectivity index (χ2v) is 6.42. The molecule has 0 aliphatic carbocycles. The SMILES string of the molecule is Nc1ccc(Br)c(NS(=O)(=O)c2ccc(F)cc2F)c1. The topological polar surface area (TPSA) is 72.2 Å². The van der Waals surface area contributed by atoms with Gasteiger partial charge in [-0.3, -0.25) is 4.72 Å². The molecule has 2 aromatic rings. The summed E-state index contributed by atoms with van der Waals surface area (Å²) in [6.07, 6.45) is 0. The van der Waals surface area contributed by atoms with E-state index in [1.54, 1.807) is 12.1 Å². The zero-order valence-corrected chi connectivity index (χ0v) is 12.3. The van der Waals surface area contributed by atoms with Gasteiger partial charge >= 0.3 is 0 Å². The predicted molar refractivity (Wildman–Crippen MR) is 75.7 cm³/mol. The van der Waals surface area contributed by atoms with Gasteiger partial charge in [0.1, 0.15) is 16.5 Å². The monoisotopic (exact) mass is 362 g/mol. The van der Waals surface area contributed by atoms with Gasteiger partial charge in [-0.05, 0) is 46.3 Å². The summed E-state index contributed by atoms with van der Waals surface area (Å²) in [5.74, 6) is -2.02. The third-order valence-electron chi connectivity index (χ3n) is 2.42. The molecule has 0 aliphatic heterocycles. The molecule has 0 amide bonds. The van der Waals surface area contributed by atoms with Crippen LogP contribution in [0.25, 0.3) is 0 Å². The van der Waals surface area contributed by atoms with Gasteiger partial charge in [-0.2, -0.15) is 0 Å². The highest BCUT2D eigenvalue weighted by atomic mass is 79.9. The molecule has 0 heterocycles. The Kier molecular flexibility index (Phi) is 3.96. The van der Waals surface area contributed by atoms with Gasteiger partial charge in [0, 0.05) is 16.2 Å². The van der Waals surface area contributed by atoms with Crippen molar-refractivity contribution in [3.63, 3.8) is 0 Å². The van der Waals surface area contributed by atoms with Gasteiger partial charge in [-0.15, -0.1) is 0 Å². The Morgan fingerprint density at radius 1 is 1.10 bits per heavy atom. The number of nitrogen functional groups attached to an aromatic ring is 1. The molecular weight excluding hydrogens is 354 g/mol. The summed E-state index contributed by atoms with van der Waals surface area (Å²) in [6, 6.07) is 6.72. The van der Waals surface area contributed by atoms with Crippen LogP contribution in [0.2, 0.25) is 0 Å². The number of benzene rings is 2. The number of hydrogen-bond donors (Lipinski definition) is 2. The van der Waals surface area contributed by atoms with Crippen molar-refractivity contribution in [3.05, 3.63) is 52.5 Å². The van der Waals surface area contributed by atoms with E-state index in [4.69, 9.17) is 5.73 Å². The van der Waals surface area contributed by atoms with Crippen LogP contribution < -0.4 is 10.5 Å². The van der Waals surface area contributed by atoms with Gasteiger partial charge in [0.25, 0.3) is 10.0 Å². The second-order valence-electron chi connectivity index (χ2n) is 3.92. The van der Waals surface area contributed by atoms with Crippen LogP contribution in [-0.4, -0.2) is 8.42 Å². The van der Waals surface area contributed by atoms with Gasteiger partial charge in [0.2, 0.25) is 0 Å². The Morgan fingerprint density at radius 3 is 2.45 bits per heavy atom. The van der Waals surface area contributed by atoms with Crippen LogP contribution in [0.5, 0.6) is 0 Å². The van der Waals surface area contributed by atoms with Crippen molar-refractivity contribution < 1.29 is 17.2 Å². The molecule has 106 valence electrons. The van der Waals surface area contributed by atoms with Gasteiger partial charge < -0.3 is 5.73 Å². The van der Waals surface area contributed by atoms with Crippen molar-refractivity contribution in [2.45, 2.75) is 4.90 Å². The van der Waals surface area contributed by atoms with Crippen molar-refractivity contribution >= 4 is 37.3 Å². The maximum atomic E-state index is 13.5. The van der Waals surface area contributed by atoms with E-state index in [-0.39, 0.29) is 5.69 Å². The van der Waals surface area contributed by atoms with E-state index in [2.05, 4.69) is 20.7 Å². The highest BCUT2D eigenvalue weighted by Crippen LogP contribution is 2.27. The van der Waals surface area contributed by atoms with Crippen molar-refractivity contribution in [3.8, 4) is 0 Å². The third-order valence-corrected chi connectivity index (χ3v) is 4.51. The highest BCUT2D eigenvalue weighted by molar-refractivity contribution is 9.10. The van der Waals surface area contributed by atoms with E-state index in [0.29, 0.717) is 16.2 Å². The number of hydrogen-bond acceptors (Lipinski definition) is 3. The summed E-state index contributed by atoms with van der Waals surface area (Å²) in [7, 11) is -4.18. The van der Waals surface area contributed by atoms with E-state index in [1.165, 1.54) is 6.07 Å². The molecule has 0 bridgehead atoms. The normalized spacial score (nSPS) is 11.3. The molecule has 3 N–H and O–H groups in total. The van der Waals surface area contributed by atoms with Gasteiger partial charge in [-0.1, -0.05) is 0 Å². The lowest BCUT2D eigenvalue weighted by Crippen LogP contribution is -2.15. The quantitative estimate of drug-likeness (QED) is 0.824. The molecule has 0 aliphatic rings. The summed E-state index contributed by atoms with van der Waals surface area (Å²) >= 11 is 3.15. The van der Waals surface area contributed by atoms with Gasteiger partial charge in [0.15, 0.2) is 0 Å². The first-order valence-electron chi connectivity index (χ1n) is 5.32. The van der Waals surface area contributed by atoms with Gasteiger partial charge in [-0.25, -0.2) is 17.2 Å². The molecule has 0 radical (unpaired) electrons. The number of nitrogens with two attached hydrogens (primary N) is 1. The van der Waals surface area contributed by atoms with E-state index in [1.807, 2.05) is 0 Å². The minimum absolute atomic E-state index is 0.161. The molecule has 0 unspecified atom stereocenters. The second kappa shape index (κ2) is 5.37. The Labute approximate surface area is 122 Å². The maximum absolute atomic E-state index is 13.5. The lowest BCUT2D eigenvalue weighted by Gasteiger charge is -2.11. The molecule has 0 aromatic heterocycles. The Morgan fingerprint density at radius 2 is 1.80 bits per heavy atom. The van der Waals surface area contributed by atoms with Crippen LogP contribution in [-0.2, 0) is 10.0 Å². The Bertz CT molecular complexity index is 766. The standard InChI is InChI=1S/C12H9BrF2N2O2S/c13-9-3-2-8(16)6-11(9)17-20(18,19)12-4-1-7(14)5-10(12)15/h1-6,17H,16H2. The minimum Gasteiger partial charge on any atom is -0.399 e. The van der Waals surface area contributed by atoms with Crippen LogP contribution in [0.3, 0.4) is 0 Å². The lowest BCUT2D eigenvalue weighted by atomic mass is 10.3. The average molecular weight is 363 g/mol. The largest absolute Gasteiger partial charge is 0.399 e.